The van der Waals surface area contributed by atoms with Crippen molar-refractivity contribution in [2.75, 3.05) is 0 Å². The Hall–Kier alpha value is -0.940. The molecule has 0 heterocycles. The van der Waals surface area contributed by atoms with Gasteiger partial charge in [-0.25, -0.2) is 9.18 Å². The molecule has 0 amide bonds. The molecule has 5 heteroatoms. The number of halogens is 2. The van der Waals surface area contributed by atoms with Gasteiger partial charge in [0.05, 0.1) is 0 Å². The van der Waals surface area contributed by atoms with E-state index < -0.39 is 17.9 Å². The lowest BCUT2D eigenvalue weighted by molar-refractivity contribution is -0.147. The molecule has 0 aliphatic rings. The van der Waals surface area contributed by atoms with Crippen molar-refractivity contribution in [2.24, 2.45) is 0 Å². The Morgan fingerprint density at radius 3 is 2.64 bits per heavy atom. The quantitative estimate of drug-likeness (QED) is 0.858. The highest BCUT2D eigenvalue weighted by Gasteiger charge is 2.23. The van der Waals surface area contributed by atoms with Crippen LogP contribution in [0.1, 0.15) is 17.2 Å². The van der Waals surface area contributed by atoms with Gasteiger partial charge >= 0.3 is 5.97 Å². The Morgan fingerprint density at radius 2 is 2.14 bits per heavy atom. The van der Waals surface area contributed by atoms with Crippen LogP contribution < -0.4 is 0 Å². The van der Waals surface area contributed by atoms with Crippen molar-refractivity contribution in [1.29, 1.82) is 0 Å². The highest BCUT2D eigenvalue weighted by Crippen LogP contribution is 2.28. The van der Waals surface area contributed by atoms with Gasteiger partial charge in [-0.1, -0.05) is 22.0 Å². The van der Waals surface area contributed by atoms with Gasteiger partial charge in [0.15, 0.2) is 6.10 Å². The number of aryl methyl sites for hydroxylation is 1. The number of aliphatic carboxylic acids is 1. The molecular weight excluding hydrogens is 255 g/mol. The lowest BCUT2D eigenvalue weighted by Crippen LogP contribution is -2.13. The van der Waals surface area contributed by atoms with Gasteiger partial charge in [-0.05, 0) is 18.6 Å². The Kier molecular flexibility index (Phi) is 3.23. The van der Waals surface area contributed by atoms with Crippen molar-refractivity contribution in [3.63, 3.8) is 0 Å². The fourth-order valence-corrected chi connectivity index (χ4v) is 1.58. The second-order valence-corrected chi connectivity index (χ2v) is 3.69. The van der Waals surface area contributed by atoms with E-state index in [9.17, 15) is 14.3 Å². The van der Waals surface area contributed by atoms with Gasteiger partial charge in [-0.15, -0.1) is 0 Å². The molecule has 1 rings (SSSR count). The zero-order valence-corrected chi connectivity index (χ0v) is 8.88. The summed E-state index contributed by atoms with van der Waals surface area (Å²) in [6.07, 6.45) is -1.84. The number of aliphatic hydroxyl groups is 1. The highest BCUT2D eigenvalue weighted by atomic mass is 79.9. The average Bonchev–Trinajstić information content (AvgIpc) is 2.12. The van der Waals surface area contributed by atoms with E-state index in [1.54, 1.807) is 0 Å². The van der Waals surface area contributed by atoms with E-state index >= 15 is 0 Å². The van der Waals surface area contributed by atoms with Gasteiger partial charge in [0.25, 0.3) is 0 Å². The number of aliphatic hydroxyl groups excluding tert-OH is 1. The van der Waals surface area contributed by atoms with Crippen molar-refractivity contribution < 1.29 is 19.4 Å². The fourth-order valence-electron chi connectivity index (χ4n) is 1.05. The smallest absolute Gasteiger partial charge is 0.337 e. The summed E-state index contributed by atoms with van der Waals surface area (Å²) in [5, 5.41) is 17.8. The SMILES string of the molecule is Cc1ccc(Br)c(C(O)C(=O)O)c1F. The molecule has 76 valence electrons. The topological polar surface area (TPSA) is 57.5 Å². The number of hydrogen-bond acceptors (Lipinski definition) is 2. The molecule has 0 aromatic heterocycles. The monoisotopic (exact) mass is 262 g/mol. The predicted molar refractivity (Wildman–Crippen MR) is 51.4 cm³/mol. The van der Waals surface area contributed by atoms with Crippen LogP contribution in [0, 0.1) is 12.7 Å². The van der Waals surface area contributed by atoms with Crippen LogP contribution in [0.2, 0.25) is 0 Å². The van der Waals surface area contributed by atoms with Crippen LogP contribution in [-0.2, 0) is 4.79 Å². The van der Waals surface area contributed by atoms with Crippen molar-refractivity contribution in [2.45, 2.75) is 13.0 Å². The largest absolute Gasteiger partial charge is 0.479 e. The van der Waals surface area contributed by atoms with Crippen LogP contribution in [0.5, 0.6) is 0 Å². The maximum Gasteiger partial charge on any atom is 0.337 e. The third kappa shape index (κ3) is 1.93. The first-order valence-electron chi connectivity index (χ1n) is 3.80. The van der Waals surface area contributed by atoms with Gasteiger partial charge in [0, 0.05) is 10.0 Å². The van der Waals surface area contributed by atoms with Crippen molar-refractivity contribution >= 4 is 21.9 Å². The van der Waals surface area contributed by atoms with E-state index in [0.717, 1.165) is 0 Å². The van der Waals surface area contributed by atoms with Crippen LogP contribution in [0.25, 0.3) is 0 Å². The predicted octanol–water partition coefficient (Wildman–Crippen LogP) is 2.01. The summed E-state index contributed by atoms with van der Waals surface area (Å²) in [7, 11) is 0. The number of hydrogen-bond donors (Lipinski definition) is 2. The van der Waals surface area contributed by atoms with Gasteiger partial charge in [0.2, 0.25) is 0 Å². The summed E-state index contributed by atoms with van der Waals surface area (Å²) < 4.78 is 13.7. The average molecular weight is 263 g/mol. The number of benzene rings is 1. The molecular formula is C9H8BrFO3. The first-order chi connectivity index (χ1) is 6.45. The van der Waals surface area contributed by atoms with Gasteiger partial charge in [0.1, 0.15) is 5.82 Å². The minimum absolute atomic E-state index is 0.238. The number of carbonyl (C=O) groups is 1. The molecule has 14 heavy (non-hydrogen) atoms. The molecule has 0 saturated heterocycles. The van der Waals surface area contributed by atoms with Crippen LogP contribution >= 0.6 is 15.9 Å². The third-order valence-electron chi connectivity index (χ3n) is 1.83. The summed E-state index contributed by atoms with van der Waals surface area (Å²) in [6.45, 7) is 1.50. The van der Waals surface area contributed by atoms with Gasteiger partial charge in [-0.3, -0.25) is 0 Å². The lowest BCUT2D eigenvalue weighted by atomic mass is 10.1. The maximum atomic E-state index is 13.4. The fraction of sp³-hybridized carbons (Fsp3) is 0.222. The molecule has 0 saturated carbocycles. The third-order valence-corrected chi connectivity index (χ3v) is 2.52. The Labute approximate surface area is 88.3 Å². The summed E-state index contributed by atoms with van der Waals surface area (Å²) in [6, 6.07) is 3.00. The second kappa shape index (κ2) is 4.06. The van der Waals surface area contributed by atoms with E-state index in [0.29, 0.717) is 5.56 Å². The zero-order valence-electron chi connectivity index (χ0n) is 7.29. The molecule has 0 spiro atoms. The van der Waals surface area contributed by atoms with Crippen molar-refractivity contribution in [3.05, 3.63) is 33.5 Å². The van der Waals surface area contributed by atoms with Crippen molar-refractivity contribution in [3.8, 4) is 0 Å². The summed E-state index contributed by atoms with van der Waals surface area (Å²) >= 11 is 2.99. The molecule has 0 aliphatic heterocycles. The standard InChI is InChI=1S/C9H8BrFO3/c1-4-2-3-5(10)6(7(4)11)8(12)9(13)14/h2-3,8,12H,1H3,(H,13,14). The molecule has 0 fully saturated rings. The first-order valence-corrected chi connectivity index (χ1v) is 4.59. The lowest BCUT2D eigenvalue weighted by Gasteiger charge is -2.10. The van der Waals surface area contributed by atoms with Crippen LogP contribution in [0.15, 0.2) is 16.6 Å². The maximum absolute atomic E-state index is 13.4. The Bertz CT molecular complexity index is 379. The summed E-state index contributed by atoms with van der Waals surface area (Å²) in [5.74, 6) is -2.18. The number of carboxylic acid groups (broad SMARTS) is 1. The molecule has 0 bridgehead atoms. The van der Waals surface area contributed by atoms with Crippen molar-refractivity contribution in [1.82, 2.24) is 0 Å². The zero-order chi connectivity index (χ0) is 10.9. The van der Waals surface area contributed by atoms with E-state index in [2.05, 4.69) is 15.9 Å². The first kappa shape index (κ1) is 11.1. The number of rotatable bonds is 2. The molecule has 0 aliphatic carbocycles. The Balaban J connectivity index is 3.32. The van der Waals surface area contributed by atoms with E-state index in [1.165, 1.54) is 19.1 Å². The van der Waals surface area contributed by atoms with E-state index in [4.69, 9.17) is 5.11 Å². The minimum Gasteiger partial charge on any atom is -0.479 e. The molecule has 0 radical (unpaired) electrons. The summed E-state index contributed by atoms with van der Waals surface area (Å²) in [4.78, 5) is 10.5. The minimum atomic E-state index is -1.84. The van der Waals surface area contributed by atoms with Crippen LogP contribution in [0.3, 0.4) is 0 Å². The molecule has 1 atom stereocenters. The van der Waals surface area contributed by atoms with E-state index in [-0.39, 0.29) is 10.0 Å². The molecule has 2 N–H and O–H groups in total. The Morgan fingerprint density at radius 1 is 1.57 bits per heavy atom. The highest BCUT2D eigenvalue weighted by molar-refractivity contribution is 9.10. The molecule has 1 aromatic carbocycles. The van der Waals surface area contributed by atoms with Crippen LogP contribution in [-0.4, -0.2) is 16.2 Å². The molecule has 1 unspecified atom stereocenters. The molecule has 1 aromatic rings. The normalized spacial score (nSPS) is 12.6. The van der Waals surface area contributed by atoms with Gasteiger partial charge < -0.3 is 10.2 Å². The summed E-state index contributed by atoms with van der Waals surface area (Å²) in [5.41, 5.74) is 0.0565. The van der Waals surface area contributed by atoms with E-state index in [1.807, 2.05) is 0 Å². The van der Waals surface area contributed by atoms with Gasteiger partial charge in [-0.2, -0.15) is 0 Å². The number of carboxylic acids is 1. The second-order valence-electron chi connectivity index (χ2n) is 2.83. The van der Waals surface area contributed by atoms with Crippen LogP contribution in [0.4, 0.5) is 4.39 Å². The molecule has 3 nitrogen and oxygen atoms in total.